The molecule has 0 aliphatic heterocycles. The monoisotopic (exact) mass is 373 g/mol. The largest absolute Gasteiger partial charge is 0.462 e. The SMILES string of the molecule is CCOC(=O)c1c(C2CC2)csc1NC(=O)C1CC1c1ccc(F)cc1. The summed E-state index contributed by atoms with van der Waals surface area (Å²) in [6, 6.07) is 6.30. The van der Waals surface area contributed by atoms with Crippen LogP contribution in [0.5, 0.6) is 0 Å². The average molecular weight is 373 g/mol. The number of anilines is 1. The van der Waals surface area contributed by atoms with Crippen molar-refractivity contribution >= 4 is 28.2 Å². The predicted molar refractivity (Wildman–Crippen MR) is 98.1 cm³/mol. The first-order valence-corrected chi connectivity index (χ1v) is 9.81. The van der Waals surface area contributed by atoms with E-state index in [1.165, 1.54) is 23.5 Å². The molecule has 4 nitrogen and oxygen atoms in total. The fourth-order valence-corrected chi connectivity index (χ4v) is 4.37. The lowest BCUT2D eigenvalue weighted by Crippen LogP contribution is -2.17. The summed E-state index contributed by atoms with van der Waals surface area (Å²) in [5.74, 6) is -0.345. The molecule has 0 saturated heterocycles. The number of carbonyl (C=O) groups is 2. The van der Waals surface area contributed by atoms with Crippen molar-refractivity contribution in [3.63, 3.8) is 0 Å². The van der Waals surface area contributed by atoms with Gasteiger partial charge in [0.2, 0.25) is 5.91 Å². The van der Waals surface area contributed by atoms with Gasteiger partial charge in [0.25, 0.3) is 0 Å². The summed E-state index contributed by atoms with van der Waals surface area (Å²) in [5.41, 5.74) is 2.49. The molecule has 2 aliphatic carbocycles. The van der Waals surface area contributed by atoms with Gasteiger partial charge in [-0.3, -0.25) is 4.79 Å². The summed E-state index contributed by atoms with van der Waals surface area (Å²) in [4.78, 5) is 25.0. The van der Waals surface area contributed by atoms with E-state index in [4.69, 9.17) is 4.74 Å². The molecule has 2 unspecified atom stereocenters. The second-order valence-electron chi connectivity index (χ2n) is 6.88. The first-order valence-electron chi connectivity index (χ1n) is 8.93. The van der Waals surface area contributed by atoms with E-state index in [1.807, 2.05) is 5.38 Å². The second-order valence-corrected chi connectivity index (χ2v) is 7.76. The molecule has 1 N–H and O–H groups in total. The van der Waals surface area contributed by atoms with Gasteiger partial charge in [0.05, 0.1) is 12.2 Å². The van der Waals surface area contributed by atoms with Gasteiger partial charge < -0.3 is 10.1 Å². The highest BCUT2D eigenvalue weighted by atomic mass is 32.1. The normalized spacial score (nSPS) is 21.3. The smallest absolute Gasteiger partial charge is 0.341 e. The standard InChI is InChI=1S/C20H20FNO3S/c1-2-25-20(24)17-16(12-3-4-12)10-26-19(17)22-18(23)15-9-14(15)11-5-7-13(21)8-6-11/h5-8,10,12,14-15H,2-4,9H2,1H3,(H,22,23). The molecule has 26 heavy (non-hydrogen) atoms. The number of nitrogens with one attached hydrogen (secondary N) is 1. The number of halogens is 1. The molecule has 136 valence electrons. The van der Waals surface area contributed by atoms with Gasteiger partial charge in [0.15, 0.2) is 0 Å². The Bertz CT molecular complexity index is 841. The third kappa shape index (κ3) is 3.38. The first kappa shape index (κ1) is 17.2. The highest BCUT2D eigenvalue weighted by Gasteiger charge is 2.44. The van der Waals surface area contributed by atoms with Crippen LogP contribution in [-0.2, 0) is 9.53 Å². The Hall–Kier alpha value is -2.21. The summed E-state index contributed by atoms with van der Waals surface area (Å²) < 4.78 is 18.2. The van der Waals surface area contributed by atoms with Crippen molar-refractivity contribution in [2.45, 2.75) is 38.0 Å². The highest BCUT2D eigenvalue weighted by Crippen LogP contribution is 2.49. The van der Waals surface area contributed by atoms with Crippen molar-refractivity contribution in [1.82, 2.24) is 0 Å². The summed E-state index contributed by atoms with van der Waals surface area (Å²) in [6.07, 6.45) is 2.89. The Kier molecular flexibility index (Phi) is 4.53. The van der Waals surface area contributed by atoms with E-state index in [0.29, 0.717) is 23.1 Å². The van der Waals surface area contributed by atoms with Gasteiger partial charge in [-0.15, -0.1) is 11.3 Å². The molecule has 1 amide bonds. The number of hydrogen-bond donors (Lipinski definition) is 1. The van der Waals surface area contributed by atoms with E-state index in [2.05, 4.69) is 5.32 Å². The van der Waals surface area contributed by atoms with Crippen LogP contribution in [0.25, 0.3) is 0 Å². The van der Waals surface area contributed by atoms with E-state index < -0.39 is 0 Å². The Balaban J connectivity index is 1.48. The number of hydrogen-bond acceptors (Lipinski definition) is 4. The minimum absolute atomic E-state index is 0.0888. The van der Waals surface area contributed by atoms with Gasteiger partial charge in [0, 0.05) is 5.92 Å². The Morgan fingerprint density at radius 1 is 1.27 bits per heavy atom. The van der Waals surface area contributed by atoms with Crippen LogP contribution in [0.3, 0.4) is 0 Å². The minimum atomic E-state index is -0.364. The van der Waals surface area contributed by atoms with E-state index >= 15 is 0 Å². The summed E-state index contributed by atoms with van der Waals surface area (Å²) in [7, 11) is 0. The minimum Gasteiger partial charge on any atom is -0.462 e. The molecule has 2 atom stereocenters. The summed E-state index contributed by atoms with van der Waals surface area (Å²) in [6.45, 7) is 2.08. The van der Waals surface area contributed by atoms with Gasteiger partial charge >= 0.3 is 5.97 Å². The van der Waals surface area contributed by atoms with E-state index in [0.717, 1.165) is 30.4 Å². The molecule has 6 heteroatoms. The van der Waals surface area contributed by atoms with Crippen molar-refractivity contribution in [2.75, 3.05) is 11.9 Å². The lowest BCUT2D eigenvalue weighted by atomic mass is 10.1. The predicted octanol–water partition coefficient (Wildman–Crippen LogP) is 4.68. The first-order chi connectivity index (χ1) is 12.6. The number of benzene rings is 1. The molecule has 2 fully saturated rings. The molecule has 1 aromatic carbocycles. The summed E-state index contributed by atoms with van der Waals surface area (Å²) in [5, 5.41) is 5.48. The highest BCUT2D eigenvalue weighted by molar-refractivity contribution is 7.15. The Morgan fingerprint density at radius 2 is 2.00 bits per heavy atom. The van der Waals surface area contributed by atoms with Gasteiger partial charge in [-0.2, -0.15) is 0 Å². The number of thiophene rings is 1. The van der Waals surface area contributed by atoms with Crippen LogP contribution in [0, 0.1) is 11.7 Å². The lowest BCUT2D eigenvalue weighted by molar-refractivity contribution is -0.117. The van der Waals surface area contributed by atoms with Crippen LogP contribution in [0.15, 0.2) is 29.6 Å². The quantitative estimate of drug-likeness (QED) is 0.748. The van der Waals surface area contributed by atoms with Crippen LogP contribution < -0.4 is 5.32 Å². The molecule has 2 aromatic rings. The molecule has 4 rings (SSSR count). The van der Waals surface area contributed by atoms with Gasteiger partial charge in [-0.05, 0) is 66.7 Å². The molecule has 1 heterocycles. The van der Waals surface area contributed by atoms with Crippen molar-refractivity contribution in [1.29, 1.82) is 0 Å². The second kappa shape index (κ2) is 6.83. The number of carbonyl (C=O) groups excluding carboxylic acids is 2. The number of rotatable bonds is 6. The fourth-order valence-electron chi connectivity index (χ4n) is 3.34. The maximum atomic E-state index is 13.0. The van der Waals surface area contributed by atoms with Crippen molar-refractivity contribution < 1.29 is 18.7 Å². The molecular weight excluding hydrogens is 353 g/mol. The van der Waals surface area contributed by atoms with E-state index in [9.17, 15) is 14.0 Å². The third-order valence-corrected chi connectivity index (χ3v) is 5.89. The zero-order valence-electron chi connectivity index (χ0n) is 14.5. The molecule has 0 spiro atoms. The lowest BCUT2D eigenvalue weighted by Gasteiger charge is -2.08. The number of amides is 1. The molecular formula is C20H20FNO3S. The number of ether oxygens (including phenoxy) is 1. The van der Waals surface area contributed by atoms with Crippen LogP contribution in [0.1, 0.15) is 59.5 Å². The van der Waals surface area contributed by atoms with E-state index in [-0.39, 0.29) is 29.5 Å². The van der Waals surface area contributed by atoms with Crippen LogP contribution >= 0.6 is 11.3 Å². The Morgan fingerprint density at radius 3 is 2.65 bits per heavy atom. The van der Waals surface area contributed by atoms with Crippen molar-refractivity contribution in [3.05, 3.63) is 52.2 Å². The van der Waals surface area contributed by atoms with Crippen LogP contribution in [0.4, 0.5) is 9.39 Å². The Labute approximate surface area is 155 Å². The summed E-state index contributed by atoms with van der Waals surface area (Å²) >= 11 is 1.39. The van der Waals surface area contributed by atoms with Gasteiger partial charge in [-0.25, -0.2) is 9.18 Å². The molecule has 0 bridgehead atoms. The van der Waals surface area contributed by atoms with Gasteiger partial charge in [-0.1, -0.05) is 12.1 Å². The maximum Gasteiger partial charge on any atom is 0.341 e. The van der Waals surface area contributed by atoms with Crippen LogP contribution in [0.2, 0.25) is 0 Å². The maximum absolute atomic E-state index is 13.0. The van der Waals surface area contributed by atoms with Crippen LogP contribution in [-0.4, -0.2) is 18.5 Å². The van der Waals surface area contributed by atoms with Crippen molar-refractivity contribution in [2.24, 2.45) is 5.92 Å². The average Bonchev–Trinajstić information content (AvgIpc) is 3.53. The van der Waals surface area contributed by atoms with Crippen molar-refractivity contribution in [3.8, 4) is 0 Å². The number of esters is 1. The molecule has 2 saturated carbocycles. The van der Waals surface area contributed by atoms with E-state index in [1.54, 1.807) is 19.1 Å². The van der Waals surface area contributed by atoms with Gasteiger partial charge in [0.1, 0.15) is 10.8 Å². The zero-order chi connectivity index (χ0) is 18.3. The fraction of sp³-hybridized carbons (Fsp3) is 0.400. The molecule has 2 aliphatic rings. The molecule has 0 radical (unpaired) electrons. The third-order valence-electron chi connectivity index (χ3n) is 4.98. The topological polar surface area (TPSA) is 55.4 Å². The molecule has 1 aromatic heterocycles. The zero-order valence-corrected chi connectivity index (χ0v) is 15.3.